The molecule has 0 aromatic heterocycles. The highest BCUT2D eigenvalue weighted by molar-refractivity contribution is 6.22. The second-order valence-corrected chi connectivity index (χ2v) is 29.2. The van der Waals surface area contributed by atoms with Gasteiger partial charge in [0.1, 0.15) is 0 Å². The van der Waals surface area contributed by atoms with E-state index in [2.05, 4.69) is 263 Å². The minimum atomic E-state index is -0.206. The standard InChI is InChI=1S/C85H62/c1-81(2)61-15-11-13-43-17-19-45-27-53(35-63(81)73(45)71(43)61)55-29-47-21-23-49-31-57(39-67-77(49)75(47)65(37-55)83(67,5)6)59-33-51-25-26-52-34-60(42-70-80(52)79(51)69(41-59)85(70,9)10)58-32-50-24-22-48-30-56(38-66-76(48)78(50)68(40-58)84(66,7)8)54-28-46-20-18-44-14-12-16-62-72(44)74(46)64(36-54)82(62,3)4/h11-42H,1-10H3. The lowest BCUT2D eigenvalue weighted by molar-refractivity contribution is 0.661. The summed E-state index contributed by atoms with van der Waals surface area (Å²) in [6, 6.07) is 77.5. The van der Waals surface area contributed by atoms with E-state index in [-0.39, 0.29) is 27.1 Å². The van der Waals surface area contributed by atoms with Gasteiger partial charge in [-0.1, -0.05) is 166 Å². The Morgan fingerprint density at radius 3 is 0.494 bits per heavy atom. The molecule has 0 N–H and O–H groups in total. The molecule has 0 bridgehead atoms. The van der Waals surface area contributed by atoms with Crippen LogP contribution in [0.2, 0.25) is 0 Å². The van der Waals surface area contributed by atoms with Crippen molar-refractivity contribution in [3.8, 4) is 44.5 Å². The van der Waals surface area contributed by atoms with Crippen molar-refractivity contribution in [3.63, 3.8) is 0 Å². The van der Waals surface area contributed by atoms with Gasteiger partial charge in [0, 0.05) is 27.1 Å². The molecule has 0 nitrogen and oxygen atoms in total. The van der Waals surface area contributed by atoms with Crippen LogP contribution in [-0.2, 0) is 27.1 Å². The minimum Gasteiger partial charge on any atom is -0.0613 e. The summed E-state index contributed by atoms with van der Waals surface area (Å²) in [6.45, 7) is 24.4. The van der Waals surface area contributed by atoms with Crippen molar-refractivity contribution in [1.82, 2.24) is 0 Å². The zero-order valence-corrected chi connectivity index (χ0v) is 50.0. The second-order valence-electron chi connectivity index (χ2n) is 29.2. The predicted molar refractivity (Wildman–Crippen MR) is 364 cm³/mol. The molecule has 0 unspecified atom stereocenters. The molecule has 15 aromatic rings. The summed E-state index contributed by atoms with van der Waals surface area (Å²) in [5.74, 6) is 0. The van der Waals surface area contributed by atoms with Gasteiger partial charge in [-0.15, -0.1) is 0 Å². The first-order valence-electron chi connectivity index (χ1n) is 31.0. The summed E-state index contributed by atoms with van der Waals surface area (Å²) < 4.78 is 0. The number of rotatable bonds is 4. The zero-order chi connectivity index (χ0) is 57.1. The molecule has 402 valence electrons. The molecule has 0 aliphatic heterocycles. The maximum atomic E-state index is 2.55. The lowest BCUT2D eigenvalue weighted by Gasteiger charge is -2.25. The summed E-state index contributed by atoms with van der Waals surface area (Å²) in [5, 5.41) is 27.6. The van der Waals surface area contributed by atoms with Gasteiger partial charge in [-0.25, -0.2) is 0 Å². The van der Waals surface area contributed by atoms with Crippen molar-refractivity contribution in [3.05, 3.63) is 250 Å². The van der Waals surface area contributed by atoms with Crippen molar-refractivity contribution < 1.29 is 0 Å². The van der Waals surface area contributed by atoms with Crippen LogP contribution >= 0.6 is 0 Å². The van der Waals surface area contributed by atoms with Gasteiger partial charge in [-0.05, 0) is 305 Å². The molecule has 0 amide bonds. The van der Waals surface area contributed by atoms with Crippen LogP contribution < -0.4 is 0 Å². The molecule has 0 saturated carbocycles. The Morgan fingerprint density at radius 2 is 0.306 bits per heavy atom. The van der Waals surface area contributed by atoms with E-state index < -0.39 is 0 Å². The van der Waals surface area contributed by atoms with E-state index in [4.69, 9.17) is 0 Å². The molecule has 85 heavy (non-hydrogen) atoms. The van der Waals surface area contributed by atoms with Gasteiger partial charge in [-0.2, -0.15) is 0 Å². The van der Waals surface area contributed by atoms with E-state index in [0.717, 1.165) is 0 Å². The average molecular weight is 1080 g/mol. The molecule has 0 fully saturated rings. The van der Waals surface area contributed by atoms with Crippen LogP contribution in [0.1, 0.15) is 125 Å². The molecule has 5 aliphatic rings. The van der Waals surface area contributed by atoms with Crippen LogP contribution in [0.5, 0.6) is 0 Å². The van der Waals surface area contributed by atoms with Crippen molar-refractivity contribution in [1.29, 1.82) is 0 Å². The Morgan fingerprint density at radius 1 is 0.153 bits per heavy atom. The fourth-order valence-corrected chi connectivity index (χ4v) is 18.5. The lowest BCUT2D eigenvalue weighted by atomic mass is 9.78. The van der Waals surface area contributed by atoms with E-state index in [1.54, 1.807) is 0 Å². The summed E-state index contributed by atoms with van der Waals surface area (Å²) in [5.41, 5.74) is 24.1. The lowest BCUT2D eigenvalue weighted by Crippen LogP contribution is -2.16. The molecule has 0 heterocycles. The minimum absolute atomic E-state index is 0.0616. The van der Waals surface area contributed by atoms with Gasteiger partial charge in [-0.3, -0.25) is 0 Å². The monoisotopic (exact) mass is 1080 g/mol. The van der Waals surface area contributed by atoms with Crippen LogP contribution in [0.3, 0.4) is 0 Å². The highest BCUT2D eigenvalue weighted by Gasteiger charge is 2.41. The van der Waals surface area contributed by atoms with Crippen LogP contribution in [0.4, 0.5) is 0 Å². The number of hydrogen-bond donors (Lipinski definition) is 0. The Bertz CT molecular complexity index is 5490. The normalized spacial score (nSPS) is 17.1. The summed E-state index contributed by atoms with van der Waals surface area (Å²) in [4.78, 5) is 0. The SMILES string of the molecule is CC1(C)c2cccc3ccc4cc(-c5cc6c7c(ccc8cc(-c9cc%10c%11c(ccc%12cc(-c%13cc%14c%15c(ccc%16cc(-c%17cc%18c%19c(ccc%20cccc(c%20%19)C%18(C)C)c%17)cc(c%16%15)C%14(C)C)c%13)cc(c%12%11)C%10(C)C)c9)cc(c87)C6(C)C)c5)cc1c4c23. The molecule has 0 saturated heterocycles. The summed E-state index contributed by atoms with van der Waals surface area (Å²) in [6.07, 6.45) is 0. The van der Waals surface area contributed by atoms with Crippen LogP contribution in [-0.4, -0.2) is 0 Å². The van der Waals surface area contributed by atoms with Gasteiger partial charge < -0.3 is 0 Å². The van der Waals surface area contributed by atoms with E-state index >= 15 is 0 Å². The molecule has 5 aliphatic carbocycles. The molecule has 0 spiro atoms. The fourth-order valence-electron chi connectivity index (χ4n) is 18.5. The molecular formula is C85H62. The number of benzene rings is 15. The first kappa shape index (κ1) is 47.3. The fraction of sp³-hybridized carbons (Fsp3) is 0.176. The Kier molecular flexibility index (Phi) is 8.17. The number of hydrogen-bond acceptors (Lipinski definition) is 0. The van der Waals surface area contributed by atoms with Gasteiger partial charge >= 0.3 is 0 Å². The maximum absolute atomic E-state index is 2.55. The van der Waals surface area contributed by atoms with Crippen molar-refractivity contribution in [2.75, 3.05) is 0 Å². The topological polar surface area (TPSA) is 0 Å². The van der Waals surface area contributed by atoms with Crippen molar-refractivity contribution in [2.45, 2.75) is 96.3 Å². The first-order chi connectivity index (χ1) is 40.8. The Labute approximate surface area is 495 Å². The third-order valence-electron chi connectivity index (χ3n) is 23.1. The van der Waals surface area contributed by atoms with Crippen LogP contribution in [0, 0.1) is 0 Å². The molecule has 0 radical (unpaired) electrons. The molecule has 0 atom stereocenters. The zero-order valence-electron chi connectivity index (χ0n) is 50.0. The average Bonchev–Trinajstić information content (AvgIpc) is 1.98. The summed E-state index contributed by atoms with van der Waals surface area (Å²) >= 11 is 0. The van der Waals surface area contributed by atoms with Crippen LogP contribution in [0.15, 0.2) is 194 Å². The predicted octanol–water partition coefficient (Wildman–Crippen LogP) is 23.1. The largest absolute Gasteiger partial charge is 0.0613 e. The third-order valence-corrected chi connectivity index (χ3v) is 23.1. The molecular weight excluding hydrogens is 1020 g/mol. The highest BCUT2D eigenvalue weighted by Crippen LogP contribution is 2.58. The van der Waals surface area contributed by atoms with Crippen molar-refractivity contribution in [2.24, 2.45) is 0 Å². The second kappa shape index (κ2) is 14.7. The van der Waals surface area contributed by atoms with Gasteiger partial charge in [0.25, 0.3) is 0 Å². The maximum Gasteiger partial charge on any atom is 0.0159 e. The highest BCUT2D eigenvalue weighted by atomic mass is 14.4. The van der Waals surface area contributed by atoms with E-state index in [1.165, 1.54) is 208 Å². The Balaban J connectivity index is 0.660. The first-order valence-corrected chi connectivity index (χ1v) is 31.0. The Hall–Kier alpha value is -9.10. The van der Waals surface area contributed by atoms with E-state index in [9.17, 15) is 0 Å². The molecule has 20 rings (SSSR count). The van der Waals surface area contributed by atoms with E-state index in [1.807, 2.05) is 0 Å². The van der Waals surface area contributed by atoms with Gasteiger partial charge in [0.05, 0.1) is 0 Å². The molecule has 0 heteroatoms. The van der Waals surface area contributed by atoms with E-state index in [0.29, 0.717) is 0 Å². The quantitative estimate of drug-likeness (QED) is 0.154. The third kappa shape index (κ3) is 5.55. The summed E-state index contributed by atoms with van der Waals surface area (Å²) in [7, 11) is 0. The molecule has 15 aromatic carbocycles. The van der Waals surface area contributed by atoms with Crippen LogP contribution in [0.25, 0.3) is 152 Å². The van der Waals surface area contributed by atoms with Crippen molar-refractivity contribution >= 4 is 108 Å². The smallest absolute Gasteiger partial charge is 0.0159 e. The van der Waals surface area contributed by atoms with Gasteiger partial charge in [0.15, 0.2) is 0 Å². The van der Waals surface area contributed by atoms with Gasteiger partial charge in [0.2, 0.25) is 0 Å².